The van der Waals surface area contributed by atoms with Crippen LogP contribution >= 0.6 is 0 Å². The number of benzene rings is 2. The second kappa shape index (κ2) is 9.60. The van der Waals surface area contributed by atoms with Crippen molar-refractivity contribution >= 4 is 16.0 Å². The zero-order chi connectivity index (χ0) is 22.6. The zero-order valence-corrected chi connectivity index (χ0v) is 19.1. The first-order valence-corrected chi connectivity index (χ1v) is 11.7. The molecule has 0 aliphatic heterocycles. The number of hydrogen-bond donors (Lipinski definition) is 0. The third kappa shape index (κ3) is 5.91. The Kier molecular flexibility index (Phi) is 7.10. The van der Waals surface area contributed by atoms with Gasteiger partial charge in [-0.05, 0) is 60.7 Å². The first kappa shape index (κ1) is 22.9. The van der Waals surface area contributed by atoms with Gasteiger partial charge in [0.1, 0.15) is 10.6 Å². The summed E-state index contributed by atoms with van der Waals surface area (Å²) in [5.41, 5.74) is 0.782. The number of amides is 1. The molecule has 1 saturated carbocycles. The van der Waals surface area contributed by atoms with Gasteiger partial charge in [-0.15, -0.1) is 0 Å². The van der Waals surface area contributed by atoms with E-state index in [1.165, 1.54) is 26.4 Å². The predicted octanol–water partition coefficient (Wildman–Crippen LogP) is 4.01. The quantitative estimate of drug-likeness (QED) is 0.512. The molecule has 1 amide bonds. The molecule has 168 valence electrons. The maximum atomic E-state index is 12.8. The molecular formula is C23H29NO6S. The van der Waals surface area contributed by atoms with E-state index in [9.17, 15) is 13.2 Å². The van der Waals surface area contributed by atoms with Crippen molar-refractivity contribution in [3.63, 3.8) is 0 Å². The highest BCUT2D eigenvalue weighted by Crippen LogP contribution is 2.34. The van der Waals surface area contributed by atoms with Gasteiger partial charge in [-0.1, -0.05) is 19.9 Å². The van der Waals surface area contributed by atoms with Gasteiger partial charge in [0.05, 0.1) is 14.2 Å². The Hall–Kier alpha value is -2.74. The van der Waals surface area contributed by atoms with Gasteiger partial charge >= 0.3 is 10.1 Å². The van der Waals surface area contributed by atoms with E-state index in [0.29, 0.717) is 24.5 Å². The first-order valence-electron chi connectivity index (χ1n) is 10.3. The van der Waals surface area contributed by atoms with Gasteiger partial charge in [0.15, 0.2) is 11.5 Å². The molecule has 1 aliphatic rings. The number of carbonyl (C=O) groups is 1. The molecule has 1 aliphatic carbocycles. The van der Waals surface area contributed by atoms with Crippen molar-refractivity contribution in [3.8, 4) is 17.2 Å². The summed E-state index contributed by atoms with van der Waals surface area (Å²) in [6.45, 7) is 4.44. The highest BCUT2D eigenvalue weighted by molar-refractivity contribution is 7.87. The Bertz CT molecular complexity index is 1010. The Morgan fingerprint density at radius 2 is 1.71 bits per heavy atom. The largest absolute Gasteiger partial charge is 0.497 e. The van der Waals surface area contributed by atoms with Gasteiger partial charge in [-0.3, -0.25) is 4.79 Å². The number of carbonyl (C=O) groups excluding carboxylic acids is 1. The minimum absolute atomic E-state index is 0.00692. The van der Waals surface area contributed by atoms with Crippen LogP contribution in [0.2, 0.25) is 0 Å². The van der Waals surface area contributed by atoms with Crippen LogP contribution in [0.25, 0.3) is 0 Å². The Morgan fingerprint density at radius 1 is 1.03 bits per heavy atom. The van der Waals surface area contributed by atoms with Gasteiger partial charge in [0.25, 0.3) is 0 Å². The molecule has 0 atom stereocenters. The van der Waals surface area contributed by atoms with Crippen LogP contribution in [0.15, 0.2) is 47.4 Å². The molecule has 3 rings (SSSR count). The molecule has 0 saturated heterocycles. The van der Waals surface area contributed by atoms with E-state index >= 15 is 0 Å². The fraction of sp³-hybridized carbons (Fsp3) is 0.435. The molecule has 0 spiro atoms. The molecule has 7 nitrogen and oxygen atoms in total. The summed E-state index contributed by atoms with van der Waals surface area (Å²) in [6.07, 6.45) is 2.48. The van der Waals surface area contributed by atoms with Crippen molar-refractivity contribution in [2.45, 2.75) is 50.6 Å². The standard InChI is InChI=1S/C23H29NO6S/c1-16(2)13-23(25)24(18-6-7-18)15-17-5-12-21(29-4)22(14-17)30-31(26,27)20-10-8-19(28-3)9-11-20/h5,8-12,14,16,18H,6-7,13,15H2,1-4H3. The Labute approximate surface area is 184 Å². The highest BCUT2D eigenvalue weighted by Gasteiger charge is 2.32. The molecule has 1 fully saturated rings. The SMILES string of the molecule is COc1ccc(S(=O)(=O)Oc2cc(CN(C(=O)CC(C)C)C3CC3)ccc2OC)cc1. The van der Waals surface area contributed by atoms with Crippen molar-refractivity contribution in [3.05, 3.63) is 48.0 Å². The van der Waals surface area contributed by atoms with Crippen LogP contribution in [0.4, 0.5) is 0 Å². The molecule has 0 N–H and O–H groups in total. The van der Waals surface area contributed by atoms with Gasteiger partial charge < -0.3 is 18.6 Å². The lowest BCUT2D eigenvalue weighted by atomic mass is 10.1. The lowest BCUT2D eigenvalue weighted by molar-refractivity contribution is -0.133. The Morgan fingerprint density at radius 3 is 2.26 bits per heavy atom. The van der Waals surface area contributed by atoms with E-state index in [4.69, 9.17) is 13.7 Å². The summed E-state index contributed by atoms with van der Waals surface area (Å²) < 4.78 is 41.3. The minimum Gasteiger partial charge on any atom is -0.497 e. The van der Waals surface area contributed by atoms with Crippen molar-refractivity contribution in [1.82, 2.24) is 4.90 Å². The third-order valence-corrected chi connectivity index (χ3v) is 6.27. The van der Waals surface area contributed by atoms with Crippen LogP contribution in [0, 0.1) is 5.92 Å². The molecule has 31 heavy (non-hydrogen) atoms. The van der Waals surface area contributed by atoms with E-state index in [0.717, 1.165) is 18.4 Å². The molecule has 0 radical (unpaired) electrons. The summed E-state index contributed by atoms with van der Waals surface area (Å²) in [5, 5.41) is 0. The van der Waals surface area contributed by atoms with Crippen molar-refractivity contribution in [2.75, 3.05) is 14.2 Å². The van der Waals surface area contributed by atoms with Crippen LogP contribution < -0.4 is 13.7 Å². The smallest absolute Gasteiger partial charge is 0.339 e. The first-order chi connectivity index (χ1) is 14.7. The van der Waals surface area contributed by atoms with Gasteiger partial charge in [0, 0.05) is 19.0 Å². The van der Waals surface area contributed by atoms with Crippen molar-refractivity contribution in [2.24, 2.45) is 5.92 Å². The van der Waals surface area contributed by atoms with Crippen molar-refractivity contribution < 1.29 is 26.9 Å². The monoisotopic (exact) mass is 447 g/mol. The van der Waals surface area contributed by atoms with Gasteiger partial charge in [0.2, 0.25) is 5.91 Å². The van der Waals surface area contributed by atoms with Crippen LogP contribution in [-0.4, -0.2) is 39.5 Å². The zero-order valence-electron chi connectivity index (χ0n) is 18.3. The maximum Gasteiger partial charge on any atom is 0.339 e. The fourth-order valence-corrected chi connectivity index (χ4v) is 4.20. The normalized spacial score (nSPS) is 13.7. The average Bonchev–Trinajstić information content (AvgIpc) is 3.56. The number of nitrogens with zero attached hydrogens (tertiary/aromatic N) is 1. The Balaban J connectivity index is 1.83. The predicted molar refractivity (Wildman–Crippen MR) is 117 cm³/mol. The third-order valence-electron chi connectivity index (χ3n) is 5.02. The lowest BCUT2D eigenvalue weighted by Crippen LogP contribution is -2.33. The van der Waals surface area contributed by atoms with Crippen LogP contribution in [-0.2, 0) is 21.5 Å². The maximum absolute atomic E-state index is 12.8. The minimum atomic E-state index is -4.07. The van der Waals surface area contributed by atoms with E-state index in [1.54, 1.807) is 24.3 Å². The van der Waals surface area contributed by atoms with Crippen LogP contribution in [0.1, 0.15) is 38.7 Å². The molecule has 2 aromatic carbocycles. The molecule has 2 aromatic rings. The average molecular weight is 448 g/mol. The summed E-state index contributed by atoms with van der Waals surface area (Å²) in [6, 6.07) is 11.3. The lowest BCUT2D eigenvalue weighted by Gasteiger charge is -2.24. The second-order valence-corrected chi connectivity index (χ2v) is 9.60. The number of rotatable bonds is 10. The summed E-state index contributed by atoms with van der Waals surface area (Å²) in [7, 11) is -1.11. The topological polar surface area (TPSA) is 82.1 Å². The summed E-state index contributed by atoms with van der Waals surface area (Å²) >= 11 is 0. The van der Waals surface area contributed by atoms with Crippen LogP contribution in [0.5, 0.6) is 17.2 Å². The molecule has 0 bridgehead atoms. The number of ether oxygens (including phenoxy) is 2. The fourth-order valence-electron chi connectivity index (χ4n) is 3.26. The molecule has 0 unspecified atom stereocenters. The van der Waals surface area contributed by atoms with E-state index < -0.39 is 10.1 Å². The summed E-state index contributed by atoms with van der Waals surface area (Å²) in [4.78, 5) is 14.6. The van der Waals surface area contributed by atoms with Crippen molar-refractivity contribution in [1.29, 1.82) is 0 Å². The molecular weight excluding hydrogens is 418 g/mol. The van der Waals surface area contributed by atoms with E-state index in [2.05, 4.69) is 0 Å². The molecule has 0 heterocycles. The van der Waals surface area contributed by atoms with Gasteiger partial charge in [-0.25, -0.2) is 0 Å². The summed E-state index contributed by atoms with van der Waals surface area (Å²) in [5.74, 6) is 1.32. The number of methoxy groups -OCH3 is 2. The van der Waals surface area contributed by atoms with E-state index in [1.807, 2.05) is 24.8 Å². The van der Waals surface area contributed by atoms with Crippen LogP contribution in [0.3, 0.4) is 0 Å². The highest BCUT2D eigenvalue weighted by atomic mass is 32.2. The number of hydrogen-bond acceptors (Lipinski definition) is 6. The molecule has 8 heteroatoms. The second-order valence-electron chi connectivity index (χ2n) is 8.05. The van der Waals surface area contributed by atoms with E-state index in [-0.39, 0.29) is 28.5 Å². The van der Waals surface area contributed by atoms with Gasteiger partial charge in [-0.2, -0.15) is 8.42 Å². The molecule has 0 aromatic heterocycles.